The molecule has 1 atom stereocenters. The molecule has 1 heterocycles. The molecular formula is C26H52O12Si2. The van der Waals surface area contributed by atoms with Gasteiger partial charge in [-0.15, -0.1) is 0 Å². The van der Waals surface area contributed by atoms with Crippen molar-refractivity contribution in [3.05, 3.63) is 0 Å². The van der Waals surface area contributed by atoms with Crippen molar-refractivity contribution in [3.63, 3.8) is 0 Å². The van der Waals surface area contributed by atoms with Crippen molar-refractivity contribution in [1.82, 2.24) is 0 Å². The lowest BCUT2D eigenvalue weighted by Crippen LogP contribution is -2.66. The van der Waals surface area contributed by atoms with Gasteiger partial charge in [-0.1, -0.05) is 20.8 Å². The topological polar surface area (TPSA) is 133 Å². The largest absolute Gasteiger partial charge is 0.571 e. The van der Waals surface area contributed by atoms with Crippen molar-refractivity contribution in [2.75, 3.05) is 39.6 Å². The van der Waals surface area contributed by atoms with Crippen molar-refractivity contribution in [2.45, 2.75) is 101 Å². The lowest BCUT2D eigenvalue weighted by Gasteiger charge is -2.47. The molecule has 0 amide bonds. The first-order valence-electron chi connectivity index (χ1n) is 14.1. The predicted molar refractivity (Wildman–Crippen MR) is 149 cm³/mol. The Morgan fingerprint density at radius 2 is 0.975 bits per heavy atom. The maximum Gasteiger partial charge on any atom is 0.571 e. The zero-order valence-electron chi connectivity index (χ0n) is 26.7. The first-order chi connectivity index (χ1) is 18.5. The molecule has 236 valence electrons. The summed E-state index contributed by atoms with van der Waals surface area (Å²) in [5.74, 6) is -1.72. The van der Waals surface area contributed by atoms with Gasteiger partial charge in [-0.2, -0.15) is 9.78 Å². The Morgan fingerprint density at radius 3 is 1.27 bits per heavy atom. The minimum Gasteiger partial charge on any atom is -0.374 e. The van der Waals surface area contributed by atoms with Crippen LogP contribution in [-0.4, -0.2) is 74.6 Å². The van der Waals surface area contributed by atoms with Crippen LogP contribution in [0.25, 0.3) is 0 Å². The van der Waals surface area contributed by atoms with Gasteiger partial charge in [0.25, 0.3) is 0 Å². The number of hydrogen-bond acceptors (Lipinski definition) is 12. The molecule has 0 aromatic heterocycles. The fourth-order valence-electron chi connectivity index (χ4n) is 5.29. The Labute approximate surface area is 242 Å². The van der Waals surface area contributed by atoms with Gasteiger partial charge in [-0.3, -0.25) is 0 Å². The summed E-state index contributed by atoms with van der Waals surface area (Å²) in [4.78, 5) is 48.3. The van der Waals surface area contributed by atoms with Crippen LogP contribution in [0.1, 0.15) is 90.0 Å². The summed E-state index contributed by atoms with van der Waals surface area (Å²) < 4.78 is 36.3. The van der Waals surface area contributed by atoms with E-state index in [1.165, 1.54) is 13.8 Å². The van der Waals surface area contributed by atoms with E-state index in [0.717, 1.165) is 0 Å². The van der Waals surface area contributed by atoms with E-state index in [2.05, 4.69) is 0 Å². The van der Waals surface area contributed by atoms with Crippen LogP contribution in [0.2, 0.25) is 5.54 Å². The normalized spacial score (nSPS) is 16.9. The third kappa shape index (κ3) is 7.33. The molecule has 14 heteroatoms. The van der Waals surface area contributed by atoms with Crippen molar-refractivity contribution >= 4 is 29.5 Å². The van der Waals surface area contributed by atoms with E-state index in [9.17, 15) is 9.59 Å². The molecule has 0 N–H and O–H groups in total. The number of carbonyl (C=O) groups is 2. The second-order valence-corrected chi connectivity index (χ2v) is 16.7. The van der Waals surface area contributed by atoms with Crippen LogP contribution in [0.5, 0.6) is 0 Å². The molecule has 0 spiro atoms. The van der Waals surface area contributed by atoms with E-state index in [1.54, 1.807) is 34.6 Å². The second kappa shape index (κ2) is 14.5. The molecule has 40 heavy (non-hydrogen) atoms. The molecule has 0 saturated carbocycles. The molecule has 0 radical (unpaired) electrons. The smallest absolute Gasteiger partial charge is 0.374 e. The van der Waals surface area contributed by atoms with Gasteiger partial charge in [0, 0.05) is 45.2 Å². The summed E-state index contributed by atoms with van der Waals surface area (Å²) in [6.45, 7) is 24.9. The molecule has 0 aliphatic carbocycles. The Morgan fingerprint density at radius 1 is 0.625 bits per heavy atom. The third-order valence-electron chi connectivity index (χ3n) is 6.69. The Hall–Kier alpha value is -0.946. The Bertz CT molecular complexity index is 789. The van der Waals surface area contributed by atoms with Crippen LogP contribution in [0, 0.1) is 16.2 Å². The maximum atomic E-state index is 13.6. The minimum absolute atomic E-state index is 0.230. The predicted octanol–water partition coefficient (Wildman–Crippen LogP) is 4.75. The molecule has 1 saturated heterocycles. The molecule has 0 bridgehead atoms. The van der Waals surface area contributed by atoms with E-state index in [4.69, 9.17) is 46.1 Å². The summed E-state index contributed by atoms with van der Waals surface area (Å²) in [5.41, 5.74) is -5.56. The van der Waals surface area contributed by atoms with Crippen LogP contribution < -0.4 is 0 Å². The zero-order chi connectivity index (χ0) is 31.0. The van der Waals surface area contributed by atoms with Crippen LogP contribution in [0.3, 0.4) is 0 Å². The highest BCUT2D eigenvalue weighted by atomic mass is 28.4. The summed E-state index contributed by atoms with van der Waals surface area (Å²) in [7, 11) is -7.18. The van der Waals surface area contributed by atoms with Crippen LogP contribution in [-0.2, 0) is 55.7 Å². The van der Waals surface area contributed by atoms with E-state index >= 15 is 0 Å². The summed E-state index contributed by atoms with van der Waals surface area (Å²) >= 11 is 0. The molecule has 1 rings (SSSR count). The van der Waals surface area contributed by atoms with E-state index < -0.39 is 56.7 Å². The van der Waals surface area contributed by atoms with Crippen molar-refractivity contribution in [2.24, 2.45) is 16.2 Å². The maximum absolute atomic E-state index is 13.6. The standard InChI is InChI=1S/C26H52O12Si2/c1-14-29-39(30-15-2,31-16-3)20(23(7,8)9)24(10,11)21(27)35-36-22(28)25(12,13)26(37-38-26)40(32-17-4,33-18-5)34-19-6/h20H,14-19H2,1-13H3. The lowest BCUT2D eigenvalue weighted by atomic mass is 9.75. The van der Waals surface area contributed by atoms with Gasteiger partial charge in [-0.25, -0.2) is 19.4 Å². The number of rotatable bonds is 18. The van der Waals surface area contributed by atoms with E-state index in [0.29, 0.717) is 19.8 Å². The number of carbonyl (C=O) groups excluding carboxylic acids is 2. The first kappa shape index (κ1) is 37.1. The quantitative estimate of drug-likeness (QED) is 0.0915. The average Bonchev–Trinajstić information content (AvgIpc) is 3.65. The van der Waals surface area contributed by atoms with Gasteiger partial charge < -0.3 is 26.6 Å². The monoisotopic (exact) mass is 612 g/mol. The van der Waals surface area contributed by atoms with Crippen molar-refractivity contribution in [1.29, 1.82) is 0 Å². The Kier molecular flexibility index (Phi) is 13.4. The molecule has 1 fully saturated rings. The van der Waals surface area contributed by atoms with Gasteiger partial charge >= 0.3 is 35.0 Å². The first-order valence-corrected chi connectivity index (χ1v) is 17.7. The molecule has 1 unspecified atom stereocenters. The van der Waals surface area contributed by atoms with Crippen LogP contribution in [0.4, 0.5) is 0 Å². The lowest BCUT2D eigenvalue weighted by molar-refractivity contribution is -0.274. The zero-order valence-corrected chi connectivity index (χ0v) is 28.7. The van der Waals surface area contributed by atoms with E-state index in [1.807, 2.05) is 41.5 Å². The van der Waals surface area contributed by atoms with Gasteiger partial charge in [0.1, 0.15) is 5.41 Å². The summed E-state index contributed by atoms with van der Waals surface area (Å²) in [6.07, 6.45) is 0. The van der Waals surface area contributed by atoms with Gasteiger partial charge in [0.05, 0.1) is 5.41 Å². The number of hydrogen-bond donors (Lipinski definition) is 0. The fourth-order valence-corrected chi connectivity index (χ4v) is 12.4. The minimum atomic E-state index is -3.73. The third-order valence-corrected chi connectivity index (χ3v) is 14.7. The summed E-state index contributed by atoms with van der Waals surface area (Å²) in [5, 5.41) is 0. The highest BCUT2D eigenvalue weighted by Crippen LogP contribution is 2.55. The van der Waals surface area contributed by atoms with Crippen molar-refractivity contribution < 1.29 is 55.7 Å². The Balaban J connectivity index is 3.34. The summed E-state index contributed by atoms with van der Waals surface area (Å²) in [6, 6.07) is 0. The van der Waals surface area contributed by atoms with Crippen LogP contribution >= 0.6 is 0 Å². The molecular weight excluding hydrogens is 560 g/mol. The van der Waals surface area contributed by atoms with Gasteiger partial charge in [0.15, 0.2) is 0 Å². The van der Waals surface area contributed by atoms with E-state index in [-0.39, 0.29) is 19.8 Å². The molecule has 12 nitrogen and oxygen atoms in total. The molecule has 0 aromatic rings. The van der Waals surface area contributed by atoms with Crippen molar-refractivity contribution in [3.8, 4) is 0 Å². The molecule has 1 aliphatic heterocycles. The average molecular weight is 613 g/mol. The highest BCUT2D eigenvalue weighted by Gasteiger charge is 2.84. The fraction of sp³-hybridized carbons (Fsp3) is 0.923. The molecule has 0 aromatic carbocycles. The van der Waals surface area contributed by atoms with Gasteiger partial charge in [-0.05, 0) is 74.7 Å². The van der Waals surface area contributed by atoms with Crippen LogP contribution in [0.15, 0.2) is 0 Å². The van der Waals surface area contributed by atoms with Gasteiger partial charge in [0.2, 0.25) is 0 Å². The molecule has 1 aliphatic rings. The second-order valence-electron chi connectivity index (χ2n) is 11.4. The highest BCUT2D eigenvalue weighted by molar-refractivity contribution is 6.64. The SMILES string of the molecule is CCO[Si](OCC)(OCC)C(C(C)(C)C)C(C)(C)C(=O)OOC(=O)C(C)(C)C1([Si](OCC)(OCC)OCC)OO1.